The number of benzene rings is 1. The van der Waals surface area contributed by atoms with Gasteiger partial charge >= 0.3 is 0 Å². The lowest BCUT2D eigenvalue weighted by atomic mass is 9.40. The molecule has 1 aromatic rings. The molecule has 0 heterocycles. The van der Waals surface area contributed by atoms with Gasteiger partial charge in [0.05, 0.1) is 17.2 Å². The van der Waals surface area contributed by atoms with Crippen LogP contribution in [-0.4, -0.2) is 54.6 Å². The second-order valence-electron chi connectivity index (χ2n) is 14.4. The molecule has 3 aliphatic rings. The minimum absolute atomic E-state index is 0.0522. The van der Waals surface area contributed by atoms with E-state index in [1.165, 1.54) is 6.92 Å². The predicted octanol–water partition coefficient (Wildman–Crippen LogP) is 5.14. The maximum absolute atomic E-state index is 14.6. The van der Waals surface area contributed by atoms with Crippen LogP contribution >= 0.6 is 0 Å². The Morgan fingerprint density at radius 1 is 1.02 bits per heavy atom. The highest BCUT2D eigenvalue weighted by Crippen LogP contribution is 2.68. The topological polar surface area (TPSA) is 152 Å². The number of phenolic OH excluding ortho intramolecular Hbond substituents is 1. The van der Waals surface area contributed by atoms with E-state index in [-0.39, 0.29) is 22.8 Å². The van der Waals surface area contributed by atoms with E-state index in [0.717, 1.165) is 12.5 Å². The maximum atomic E-state index is 14.6. The summed E-state index contributed by atoms with van der Waals surface area (Å²) < 4.78 is 0. The van der Waals surface area contributed by atoms with Crippen LogP contribution in [0.2, 0.25) is 0 Å². The van der Waals surface area contributed by atoms with Crippen molar-refractivity contribution in [1.29, 1.82) is 0 Å². The summed E-state index contributed by atoms with van der Waals surface area (Å²) in [6.45, 7) is 19.0. The monoisotopic (exact) mass is 568 g/mol. The van der Waals surface area contributed by atoms with Crippen LogP contribution in [0.1, 0.15) is 110 Å². The Labute approximate surface area is 241 Å². The Morgan fingerprint density at radius 2 is 1.56 bits per heavy atom. The van der Waals surface area contributed by atoms with E-state index in [1.54, 1.807) is 27.7 Å². The van der Waals surface area contributed by atoms with Crippen molar-refractivity contribution in [3.05, 3.63) is 45.2 Å². The number of aliphatic hydroxyl groups is 4. The summed E-state index contributed by atoms with van der Waals surface area (Å²) in [6, 6.07) is 1.90. The van der Waals surface area contributed by atoms with Crippen molar-refractivity contribution in [3.63, 3.8) is 0 Å². The number of fused-ring (bicyclic) bond motifs is 3. The third-order valence-electron chi connectivity index (χ3n) is 10.4. The number of aliphatic hydroxyl groups excluding tert-OH is 3. The second kappa shape index (κ2) is 9.01. The lowest BCUT2D eigenvalue weighted by Gasteiger charge is -2.63. The highest BCUT2D eigenvalue weighted by atomic mass is 16.4. The molecule has 0 radical (unpaired) electrons. The van der Waals surface area contributed by atoms with E-state index < -0.39 is 80.1 Å². The summed E-state index contributed by atoms with van der Waals surface area (Å²) in [5.74, 6) is -7.08. The fourth-order valence-electron chi connectivity index (χ4n) is 8.15. The number of carbonyl (C=O) groups excluding carboxylic acids is 3. The molecule has 0 aliphatic heterocycles. The van der Waals surface area contributed by atoms with E-state index in [0.29, 0.717) is 11.1 Å². The standard InChI is InChI=1S/C33H44O8/c1-13(2)17-12-18(30(7,8)9)24(35)21-19(17)15(5)31(10)23(26(21)37)28(39)33(41)27(38)20(16(6)34)25(36)22(14(3)4)32(33,11)29(31)40/h12-15,22,29,35,37-38,40-41H,1-11H3/t15-,22?,29-,31+,32+,33+/m1/s1. The normalized spacial score (nSPS) is 33.8. The molecule has 0 aromatic heterocycles. The van der Waals surface area contributed by atoms with Crippen LogP contribution in [0.5, 0.6) is 5.75 Å². The third-order valence-corrected chi connectivity index (χ3v) is 10.4. The van der Waals surface area contributed by atoms with Crippen LogP contribution in [0.4, 0.5) is 0 Å². The van der Waals surface area contributed by atoms with E-state index >= 15 is 0 Å². The van der Waals surface area contributed by atoms with Crippen LogP contribution in [0.3, 0.4) is 0 Å². The van der Waals surface area contributed by atoms with Gasteiger partial charge in [0.2, 0.25) is 5.78 Å². The Bertz CT molecular complexity index is 1450. The molecule has 1 saturated carbocycles. The first kappa shape index (κ1) is 31.0. The molecule has 3 aliphatic carbocycles. The number of ketones is 3. The van der Waals surface area contributed by atoms with Crippen LogP contribution in [-0.2, 0) is 19.8 Å². The third kappa shape index (κ3) is 3.49. The molecule has 0 bridgehead atoms. The average molecular weight is 569 g/mol. The number of Topliss-reactive ketones (excluding diaryl/α,β-unsaturated/α-hetero) is 3. The quantitative estimate of drug-likeness (QED) is 0.314. The lowest BCUT2D eigenvalue weighted by molar-refractivity contribution is -0.215. The summed E-state index contributed by atoms with van der Waals surface area (Å²) in [4.78, 5) is 40.9. The molecule has 1 fully saturated rings. The fourth-order valence-corrected chi connectivity index (χ4v) is 8.15. The Morgan fingerprint density at radius 3 is 2.00 bits per heavy atom. The zero-order valence-corrected chi connectivity index (χ0v) is 25.9. The Hall–Kier alpha value is -2.97. The van der Waals surface area contributed by atoms with Crippen molar-refractivity contribution in [1.82, 2.24) is 0 Å². The van der Waals surface area contributed by atoms with Crippen LogP contribution < -0.4 is 0 Å². The van der Waals surface area contributed by atoms with E-state index in [9.17, 15) is 39.9 Å². The first-order valence-corrected chi connectivity index (χ1v) is 14.3. The van der Waals surface area contributed by atoms with Crippen molar-refractivity contribution in [2.45, 2.75) is 105 Å². The van der Waals surface area contributed by atoms with Crippen molar-refractivity contribution in [3.8, 4) is 5.75 Å². The van der Waals surface area contributed by atoms with Crippen LogP contribution in [0.15, 0.2) is 23.0 Å². The van der Waals surface area contributed by atoms with Gasteiger partial charge in [0.25, 0.3) is 0 Å². The van der Waals surface area contributed by atoms with Crippen molar-refractivity contribution in [2.75, 3.05) is 0 Å². The van der Waals surface area contributed by atoms with Crippen LogP contribution in [0, 0.1) is 22.7 Å². The first-order chi connectivity index (χ1) is 18.5. The molecule has 1 unspecified atom stereocenters. The highest BCUT2D eigenvalue weighted by molar-refractivity contribution is 6.24. The molecule has 224 valence electrons. The zero-order valence-electron chi connectivity index (χ0n) is 25.9. The van der Waals surface area contributed by atoms with Gasteiger partial charge in [-0.3, -0.25) is 14.4 Å². The maximum Gasteiger partial charge on any atom is 0.203 e. The summed E-state index contributed by atoms with van der Waals surface area (Å²) in [5.41, 5.74) is -5.97. The van der Waals surface area contributed by atoms with E-state index in [1.807, 2.05) is 40.7 Å². The van der Waals surface area contributed by atoms with Gasteiger partial charge in [-0.1, -0.05) is 75.3 Å². The van der Waals surface area contributed by atoms with Crippen molar-refractivity contribution in [2.24, 2.45) is 22.7 Å². The number of phenols is 1. The number of aromatic hydroxyl groups is 1. The van der Waals surface area contributed by atoms with Crippen molar-refractivity contribution < 1.29 is 39.9 Å². The summed E-state index contributed by atoms with van der Waals surface area (Å²) >= 11 is 0. The van der Waals surface area contributed by atoms with Gasteiger partial charge in [-0.15, -0.1) is 0 Å². The second-order valence-corrected chi connectivity index (χ2v) is 14.4. The minimum Gasteiger partial charge on any atom is -0.508 e. The molecule has 0 saturated heterocycles. The Kier molecular flexibility index (Phi) is 6.81. The van der Waals surface area contributed by atoms with Crippen molar-refractivity contribution >= 4 is 23.1 Å². The first-order valence-electron chi connectivity index (χ1n) is 14.3. The van der Waals surface area contributed by atoms with Gasteiger partial charge in [0, 0.05) is 22.3 Å². The Balaban J connectivity index is 2.23. The number of rotatable bonds is 3. The summed E-state index contributed by atoms with van der Waals surface area (Å²) in [7, 11) is 0. The molecular weight excluding hydrogens is 524 g/mol. The minimum atomic E-state index is -2.89. The number of carbonyl (C=O) groups is 3. The van der Waals surface area contributed by atoms with Gasteiger partial charge < -0.3 is 25.5 Å². The molecular formula is C33H44O8. The highest BCUT2D eigenvalue weighted by Gasteiger charge is 2.77. The van der Waals surface area contributed by atoms with Gasteiger partial charge in [0.15, 0.2) is 17.2 Å². The summed E-state index contributed by atoms with van der Waals surface area (Å²) in [6.07, 6.45) is -1.64. The van der Waals surface area contributed by atoms with Gasteiger partial charge in [-0.05, 0) is 41.2 Å². The van der Waals surface area contributed by atoms with Gasteiger partial charge in [-0.25, -0.2) is 0 Å². The zero-order chi connectivity index (χ0) is 31.5. The number of hydrogen-bond donors (Lipinski definition) is 5. The van der Waals surface area contributed by atoms with E-state index in [2.05, 4.69) is 0 Å². The number of allylic oxidation sites excluding steroid dienone is 1. The molecule has 0 spiro atoms. The molecule has 41 heavy (non-hydrogen) atoms. The molecule has 4 rings (SSSR count). The van der Waals surface area contributed by atoms with E-state index in [4.69, 9.17) is 0 Å². The molecule has 0 amide bonds. The predicted molar refractivity (Wildman–Crippen MR) is 155 cm³/mol. The molecule has 8 nitrogen and oxygen atoms in total. The largest absolute Gasteiger partial charge is 0.508 e. The number of hydrogen-bond acceptors (Lipinski definition) is 8. The smallest absolute Gasteiger partial charge is 0.203 e. The molecule has 6 atom stereocenters. The summed E-state index contributed by atoms with van der Waals surface area (Å²) in [5, 5.41) is 59.5. The molecule has 1 aromatic carbocycles. The van der Waals surface area contributed by atoms with Crippen LogP contribution in [0.25, 0.3) is 5.76 Å². The van der Waals surface area contributed by atoms with Gasteiger partial charge in [-0.2, -0.15) is 0 Å². The molecule has 5 N–H and O–H groups in total. The fraction of sp³-hybridized carbons (Fsp3) is 0.606. The average Bonchev–Trinajstić information content (AvgIpc) is 2.82. The molecule has 8 heteroatoms. The van der Waals surface area contributed by atoms with Gasteiger partial charge in [0.1, 0.15) is 22.8 Å². The lowest BCUT2D eigenvalue weighted by Crippen LogP contribution is -2.75. The SMILES string of the molecule is CC(=O)C1=C(O)[C@]2(O)C(=O)C3=C(O)c4c(O)c(C(C)(C)C)cc(C(C)C)c4[C@@H](C)[C@]3(C)[C@@H](O)[C@]2(C)C(C(C)C)C1=O.